The number of amides is 1. The highest BCUT2D eigenvalue weighted by molar-refractivity contribution is 8.03. The monoisotopic (exact) mass is 521 g/mol. The first-order valence-corrected chi connectivity index (χ1v) is 14.2. The molecule has 0 bridgehead atoms. The van der Waals surface area contributed by atoms with Gasteiger partial charge in [0.05, 0.1) is 12.0 Å². The van der Waals surface area contributed by atoms with Crippen LogP contribution in [0, 0.1) is 0 Å². The van der Waals surface area contributed by atoms with Gasteiger partial charge in [0, 0.05) is 24.5 Å². The molecule has 4 rings (SSSR count). The second kappa shape index (κ2) is 12.7. The standard InChI is InChI=1S/C26H27N5OS3/c1-3-31(4-2)22-14-12-19(13-15-22)16-27-28-24(32)18-34-26-30-29-25(35-26)33-17-21-10-7-9-20-8-5-6-11-23(20)21/h5-16H,3-4,17-18H2,1-2H3,(H,28,32). The normalized spacial score (nSPS) is 11.3. The Hall–Kier alpha value is -2.88. The minimum absolute atomic E-state index is 0.175. The zero-order valence-corrected chi connectivity index (χ0v) is 22.1. The summed E-state index contributed by atoms with van der Waals surface area (Å²) in [6.07, 6.45) is 1.65. The summed E-state index contributed by atoms with van der Waals surface area (Å²) in [6.45, 7) is 6.22. The maximum atomic E-state index is 12.2. The van der Waals surface area contributed by atoms with Crippen molar-refractivity contribution in [3.8, 4) is 0 Å². The van der Waals surface area contributed by atoms with Crippen LogP contribution in [0.4, 0.5) is 5.69 Å². The predicted molar refractivity (Wildman–Crippen MR) is 150 cm³/mol. The van der Waals surface area contributed by atoms with Crippen LogP contribution in [-0.4, -0.2) is 41.2 Å². The lowest BCUT2D eigenvalue weighted by Crippen LogP contribution is -2.21. The predicted octanol–water partition coefficient (Wildman–Crippen LogP) is 6.07. The summed E-state index contributed by atoms with van der Waals surface area (Å²) in [5.41, 5.74) is 5.97. The Labute approximate surface area is 218 Å². The summed E-state index contributed by atoms with van der Waals surface area (Å²) in [5.74, 6) is 0.887. The summed E-state index contributed by atoms with van der Waals surface area (Å²) in [6, 6.07) is 22.9. The van der Waals surface area contributed by atoms with E-state index >= 15 is 0 Å². The minimum Gasteiger partial charge on any atom is -0.372 e. The lowest BCUT2D eigenvalue weighted by Gasteiger charge is -2.20. The molecule has 4 aromatic rings. The number of fused-ring (bicyclic) bond motifs is 1. The van der Waals surface area contributed by atoms with E-state index in [2.05, 4.69) is 94.1 Å². The first kappa shape index (κ1) is 25.2. The van der Waals surface area contributed by atoms with Gasteiger partial charge in [0.1, 0.15) is 0 Å². The van der Waals surface area contributed by atoms with Crippen molar-refractivity contribution in [2.75, 3.05) is 23.7 Å². The van der Waals surface area contributed by atoms with Gasteiger partial charge >= 0.3 is 0 Å². The average molecular weight is 522 g/mol. The molecule has 0 spiro atoms. The van der Waals surface area contributed by atoms with Gasteiger partial charge in [-0.1, -0.05) is 89.5 Å². The minimum atomic E-state index is -0.175. The van der Waals surface area contributed by atoms with Crippen LogP contribution in [0.1, 0.15) is 25.0 Å². The van der Waals surface area contributed by atoms with E-state index in [9.17, 15) is 4.79 Å². The van der Waals surface area contributed by atoms with E-state index in [1.807, 2.05) is 12.1 Å². The van der Waals surface area contributed by atoms with Crippen LogP contribution in [0.15, 0.2) is 80.5 Å². The second-order valence-corrected chi connectivity index (χ2v) is 11.0. The van der Waals surface area contributed by atoms with Crippen LogP contribution in [0.2, 0.25) is 0 Å². The Morgan fingerprint density at radius 1 is 0.971 bits per heavy atom. The number of nitrogens with zero attached hydrogens (tertiary/aromatic N) is 4. The van der Waals surface area contributed by atoms with E-state index in [0.717, 1.165) is 33.1 Å². The molecule has 3 aromatic carbocycles. The highest BCUT2D eigenvalue weighted by atomic mass is 32.2. The number of benzene rings is 3. The maximum absolute atomic E-state index is 12.2. The summed E-state index contributed by atoms with van der Waals surface area (Å²) >= 11 is 4.54. The molecule has 0 saturated heterocycles. The van der Waals surface area contributed by atoms with Crippen LogP contribution in [-0.2, 0) is 10.5 Å². The first-order valence-electron chi connectivity index (χ1n) is 11.4. The third-order valence-electron chi connectivity index (χ3n) is 5.37. The van der Waals surface area contributed by atoms with Crippen molar-refractivity contribution in [1.82, 2.24) is 15.6 Å². The molecule has 1 N–H and O–H groups in total. The summed E-state index contributed by atoms with van der Waals surface area (Å²) in [5, 5.41) is 15.1. The van der Waals surface area contributed by atoms with Crippen molar-refractivity contribution in [1.29, 1.82) is 0 Å². The highest BCUT2D eigenvalue weighted by Gasteiger charge is 2.09. The van der Waals surface area contributed by atoms with E-state index in [4.69, 9.17) is 0 Å². The molecule has 0 aliphatic heterocycles. The van der Waals surface area contributed by atoms with Gasteiger partial charge in [0.25, 0.3) is 5.91 Å². The molecular formula is C26H27N5OS3. The van der Waals surface area contributed by atoms with Gasteiger partial charge < -0.3 is 4.90 Å². The number of carbonyl (C=O) groups excluding carboxylic acids is 1. The summed E-state index contributed by atoms with van der Waals surface area (Å²) < 4.78 is 1.67. The molecule has 0 aliphatic carbocycles. The number of carbonyl (C=O) groups is 1. The van der Waals surface area contributed by atoms with E-state index < -0.39 is 0 Å². The zero-order chi connectivity index (χ0) is 24.5. The van der Waals surface area contributed by atoms with E-state index in [0.29, 0.717) is 0 Å². The molecule has 1 aromatic heterocycles. The highest BCUT2D eigenvalue weighted by Crippen LogP contribution is 2.32. The van der Waals surface area contributed by atoms with Gasteiger partial charge in [0.15, 0.2) is 8.68 Å². The zero-order valence-electron chi connectivity index (χ0n) is 19.7. The molecule has 1 amide bonds. The Bertz CT molecular complexity index is 1280. The second-order valence-electron chi connectivity index (χ2n) is 7.61. The van der Waals surface area contributed by atoms with Gasteiger partial charge in [-0.15, -0.1) is 10.2 Å². The Morgan fingerprint density at radius 2 is 1.69 bits per heavy atom. The van der Waals surface area contributed by atoms with Crippen LogP contribution >= 0.6 is 34.9 Å². The third-order valence-corrected chi connectivity index (χ3v) is 8.61. The van der Waals surface area contributed by atoms with Crippen molar-refractivity contribution in [2.45, 2.75) is 28.3 Å². The largest absolute Gasteiger partial charge is 0.372 e. The van der Waals surface area contributed by atoms with Gasteiger partial charge in [-0.2, -0.15) is 5.10 Å². The quantitative estimate of drug-likeness (QED) is 0.147. The number of rotatable bonds is 11. The topological polar surface area (TPSA) is 70.5 Å². The lowest BCUT2D eigenvalue weighted by atomic mass is 10.1. The fourth-order valence-electron chi connectivity index (χ4n) is 3.57. The SMILES string of the molecule is CCN(CC)c1ccc(C=NNC(=O)CSc2nnc(SCc3cccc4ccccc34)s2)cc1. The number of aromatic nitrogens is 2. The van der Waals surface area contributed by atoms with Gasteiger partial charge in [-0.3, -0.25) is 4.79 Å². The molecule has 0 atom stereocenters. The van der Waals surface area contributed by atoms with E-state index in [1.165, 1.54) is 45.1 Å². The van der Waals surface area contributed by atoms with Crippen LogP contribution < -0.4 is 10.3 Å². The Kier molecular flexibility index (Phi) is 9.16. The summed E-state index contributed by atoms with van der Waals surface area (Å²) in [4.78, 5) is 14.4. The van der Waals surface area contributed by atoms with Gasteiger partial charge in [-0.05, 0) is 47.9 Å². The van der Waals surface area contributed by atoms with Crippen molar-refractivity contribution in [3.63, 3.8) is 0 Å². The fraction of sp³-hybridized carbons (Fsp3) is 0.231. The molecule has 6 nitrogen and oxygen atoms in total. The van der Waals surface area contributed by atoms with Crippen LogP contribution in [0.5, 0.6) is 0 Å². The number of anilines is 1. The molecule has 0 saturated carbocycles. The van der Waals surface area contributed by atoms with Crippen molar-refractivity contribution in [3.05, 3.63) is 77.9 Å². The molecule has 9 heteroatoms. The molecule has 0 aliphatic rings. The molecule has 0 radical (unpaired) electrons. The van der Waals surface area contributed by atoms with Crippen molar-refractivity contribution >= 4 is 63.4 Å². The van der Waals surface area contributed by atoms with Crippen LogP contribution in [0.3, 0.4) is 0 Å². The maximum Gasteiger partial charge on any atom is 0.250 e. The van der Waals surface area contributed by atoms with E-state index in [1.54, 1.807) is 18.0 Å². The number of hydrazone groups is 1. The Morgan fingerprint density at radius 3 is 2.46 bits per heavy atom. The Balaban J connectivity index is 1.22. The molecule has 35 heavy (non-hydrogen) atoms. The van der Waals surface area contributed by atoms with E-state index in [-0.39, 0.29) is 11.7 Å². The molecule has 0 unspecified atom stereocenters. The summed E-state index contributed by atoms with van der Waals surface area (Å²) in [7, 11) is 0. The third kappa shape index (κ3) is 7.06. The average Bonchev–Trinajstić information content (AvgIpc) is 3.36. The molecule has 1 heterocycles. The van der Waals surface area contributed by atoms with Crippen molar-refractivity contribution < 1.29 is 4.79 Å². The number of hydrogen-bond acceptors (Lipinski definition) is 8. The fourth-order valence-corrected chi connectivity index (χ4v) is 6.39. The van der Waals surface area contributed by atoms with Crippen molar-refractivity contribution in [2.24, 2.45) is 5.10 Å². The number of nitrogens with one attached hydrogen (secondary N) is 1. The van der Waals surface area contributed by atoms with Gasteiger partial charge in [-0.25, -0.2) is 5.43 Å². The smallest absolute Gasteiger partial charge is 0.250 e. The van der Waals surface area contributed by atoms with Crippen LogP contribution in [0.25, 0.3) is 10.8 Å². The molecule has 0 fully saturated rings. The van der Waals surface area contributed by atoms with Gasteiger partial charge in [0.2, 0.25) is 0 Å². The number of hydrogen-bond donors (Lipinski definition) is 1. The lowest BCUT2D eigenvalue weighted by molar-refractivity contribution is -0.118. The molecule has 180 valence electrons. The number of thioether (sulfide) groups is 2. The first-order chi connectivity index (χ1) is 17.2. The molecular weight excluding hydrogens is 495 g/mol.